The van der Waals surface area contributed by atoms with Gasteiger partial charge < -0.3 is 4.90 Å². The number of hydrogen-bond acceptors (Lipinski definition) is 1. The maximum Gasteiger partial charge on any atom is 0.116 e. The summed E-state index contributed by atoms with van der Waals surface area (Å²) in [5.74, 6) is 0. The molecule has 0 aliphatic rings. The summed E-state index contributed by atoms with van der Waals surface area (Å²) in [7, 11) is -4.37. The molecule has 0 aromatic heterocycles. The van der Waals surface area contributed by atoms with Gasteiger partial charge in [0.1, 0.15) is 46.4 Å². The van der Waals surface area contributed by atoms with Crippen LogP contribution in [0.25, 0.3) is 12.2 Å². The number of rotatable bonds is 15. The summed E-state index contributed by atoms with van der Waals surface area (Å²) in [5, 5.41) is 8.30. The van der Waals surface area contributed by atoms with Crippen molar-refractivity contribution < 1.29 is 0 Å². The van der Waals surface area contributed by atoms with Gasteiger partial charge in [-0.25, -0.2) is 0 Å². The van der Waals surface area contributed by atoms with Crippen LogP contribution in [0.2, 0.25) is 0 Å². The Morgan fingerprint density at radius 2 is 0.597 bits per heavy atom. The molecule has 0 heterocycles. The molecule has 0 fully saturated rings. The second kappa shape index (κ2) is 20.4. The fourth-order valence-electron chi connectivity index (χ4n) is 9.63. The highest BCUT2D eigenvalue weighted by molar-refractivity contribution is 7.95. The molecule has 67 heavy (non-hydrogen) atoms. The first kappa shape index (κ1) is 43.5. The highest BCUT2D eigenvalue weighted by Crippen LogP contribution is 2.60. The van der Waals surface area contributed by atoms with E-state index in [1.54, 1.807) is 0 Å². The van der Waals surface area contributed by atoms with Gasteiger partial charge >= 0.3 is 0 Å². The van der Waals surface area contributed by atoms with E-state index in [0.29, 0.717) is 0 Å². The lowest BCUT2D eigenvalue weighted by atomic mass is 10.0. The second-order valence-corrected chi connectivity index (χ2v) is 23.9. The molecule has 10 rings (SSSR count). The summed E-state index contributed by atoms with van der Waals surface area (Å²) >= 11 is 0. The maximum atomic E-state index is 2.51. The van der Waals surface area contributed by atoms with Crippen molar-refractivity contribution in [2.75, 3.05) is 4.90 Å². The Bertz CT molecular complexity index is 2900. The zero-order valence-corrected chi connectivity index (χ0v) is 39.3. The van der Waals surface area contributed by atoms with Crippen LogP contribution in [0, 0.1) is 0 Å². The van der Waals surface area contributed by atoms with Gasteiger partial charge in [0.25, 0.3) is 0 Å². The van der Waals surface area contributed by atoms with Crippen molar-refractivity contribution in [3.05, 3.63) is 307 Å². The van der Waals surface area contributed by atoms with Crippen LogP contribution in [-0.2, 0) is 12.3 Å². The van der Waals surface area contributed by atoms with Gasteiger partial charge in [-0.2, -0.15) is 0 Å². The van der Waals surface area contributed by atoms with Crippen LogP contribution in [-0.4, -0.2) is 0 Å². The van der Waals surface area contributed by atoms with Crippen LogP contribution in [0.1, 0.15) is 22.3 Å². The van der Waals surface area contributed by atoms with Crippen molar-refractivity contribution in [2.45, 2.75) is 12.3 Å². The molecule has 0 radical (unpaired) electrons. The van der Waals surface area contributed by atoms with E-state index < -0.39 is 14.5 Å². The predicted molar refractivity (Wildman–Crippen MR) is 294 cm³/mol. The average molecular weight is 898 g/mol. The van der Waals surface area contributed by atoms with Gasteiger partial charge in [-0.15, -0.1) is 0 Å². The molecule has 0 bridgehead atoms. The summed E-state index contributed by atoms with van der Waals surface area (Å²) in [6.07, 6.45) is 6.46. The highest BCUT2D eigenvalue weighted by atomic mass is 31.2. The SMILES string of the molecule is C(=C\c1cc(C[P+](c2ccccc2)(c2ccccc2)c2ccccc2)ccc1C[P+](c1ccccc1)(c1ccccc1)c1ccccc1)/c1ccc(N(c2ccccc2)c2ccccc2)cc1. The van der Waals surface area contributed by atoms with E-state index in [2.05, 4.69) is 302 Å². The smallest absolute Gasteiger partial charge is 0.116 e. The zero-order chi connectivity index (χ0) is 45.1. The first-order chi connectivity index (χ1) is 33.2. The number of nitrogens with zero attached hydrogens (tertiary/aromatic N) is 1. The van der Waals surface area contributed by atoms with Crippen LogP contribution in [0.3, 0.4) is 0 Å². The minimum Gasteiger partial charge on any atom is -0.311 e. The van der Waals surface area contributed by atoms with E-state index >= 15 is 0 Å². The van der Waals surface area contributed by atoms with Crippen molar-refractivity contribution in [2.24, 2.45) is 0 Å². The molecule has 0 atom stereocenters. The van der Waals surface area contributed by atoms with Crippen molar-refractivity contribution >= 4 is 75.6 Å². The fourth-order valence-corrected chi connectivity index (χ4v) is 18.1. The van der Waals surface area contributed by atoms with E-state index in [1.165, 1.54) is 48.5 Å². The topological polar surface area (TPSA) is 3.24 Å². The normalized spacial score (nSPS) is 11.6. The Morgan fingerprint density at radius 1 is 0.284 bits per heavy atom. The Kier molecular flexibility index (Phi) is 13.2. The van der Waals surface area contributed by atoms with Crippen molar-refractivity contribution in [3.8, 4) is 0 Å². The molecular formula is C64H53NP2+2. The third-order valence-corrected chi connectivity index (χ3v) is 21.6. The molecule has 0 aliphatic carbocycles. The molecule has 10 aromatic carbocycles. The Morgan fingerprint density at radius 3 is 0.955 bits per heavy atom. The van der Waals surface area contributed by atoms with Crippen LogP contribution < -0.4 is 36.7 Å². The van der Waals surface area contributed by atoms with Gasteiger partial charge in [0.05, 0.1) is 12.3 Å². The number of anilines is 3. The Balaban J connectivity index is 1.13. The maximum absolute atomic E-state index is 2.51. The number of benzene rings is 10. The predicted octanol–water partition coefficient (Wildman–Crippen LogP) is 14.3. The molecule has 0 spiro atoms. The van der Waals surface area contributed by atoms with E-state index in [9.17, 15) is 0 Å². The number of para-hydroxylation sites is 2. The third kappa shape index (κ3) is 9.23. The first-order valence-electron chi connectivity index (χ1n) is 23.1. The zero-order valence-electron chi connectivity index (χ0n) is 37.5. The van der Waals surface area contributed by atoms with Gasteiger partial charge in [-0.1, -0.05) is 182 Å². The summed E-state index contributed by atoms with van der Waals surface area (Å²) in [6, 6.07) is 105. The first-order valence-corrected chi connectivity index (χ1v) is 27.1. The summed E-state index contributed by atoms with van der Waals surface area (Å²) in [5.41, 5.74) is 8.43. The molecular weight excluding hydrogens is 845 g/mol. The monoisotopic (exact) mass is 897 g/mol. The molecule has 322 valence electrons. The highest BCUT2D eigenvalue weighted by Gasteiger charge is 2.47. The molecule has 0 aliphatic heterocycles. The van der Waals surface area contributed by atoms with Gasteiger partial charge in [0.15, 0.2) is 0 Å². The van der Waals surface area contributed by atoms with Gasteiger partial charge in [-0.3, -0.25) is 0 Å². The lowest BCUT2D eigenvalue weighted by Gasteiger charge is -2.29. The molecule has 0 saturated heterocycles. The molecule has 10 aromatic rings. The minimum atomic E-state index is -2.21. The lowest BCUT2D eigenvalue weighted by Crippen LogP contribution is -2.33. The van der Waals surface area contributed by atoms with Gasteiger partial charge in [-0.05, 0) is 138 Å². The van der Waals surface area contributed by atoms with Crippen LogP contribution in [0.15, 0.2) is 285 Å². The Labute approximate surface area is 398 Å². The molecule has 0 unspecified atom stereocenters. The average Bonchev–Trinajstić information content (AvgIpc) is 3.42. The van der Waals surface area contributed by atoms with Crippen LogP contribution >= 0.6 is 14.5 Å². The van der Waals surface area contributed by atoms with E-state index in [0.717, 1.165) is 34.9 Å². The van der Waals surface area contributed by atoms with Gasteiger partial charge in [0, 0.05) is 17.1 Å². The summed E-state index contributed by atoms with van der Waals surface area (Å²) in [4.78, 5) is 2.32. The van der Waals surface area contributed by atoms with E-state index in [-0.39, 0.29) is 0 Å². The van der Waals surface area contributed by atoms with E-state index in [4.69, 9.17) is 0 Å². The van der Waals surface area contributed by atoms with Crippen molar-refractivity contribution in [3.63, 3.8) is 0 Å². The van der Waals surface area contributed by atoms with Crippen LogP contribution in [0.4, 0.5) is 17.1 Å². The molecule has 1 nitrogen and oxygen atoms in total. The third-order valence-electron chi connectivity index (χ3n) is 12.9. The van der Waals surface area contributed by atoms with Crippen molar-refractivity contribution in [1.82, 2.24) is 0 Å². The largest absolute Gasteiger partial charge is 0.311 e. The Hall–Kier alpha value is -7.40. The van der Waals surface area contributed by atoms with E-state index in [1.807, 2.05) is 0 Å². The molecule has 0 amide bonds. The molecule has 3 heteroatoms. The molecule has 0 N–H and O–H groups in total. The van der Waals surface area contributed by atoms with Crippen molar-refractivity contribution in [1.29, 1.82) is 0 Å². The summed E-state index contributed by atoms with van der Waals surface area (Å²) < 4.78 is 0. The van der Waals surface area contributed by atoms with Gasteiger partial charge in [0.2, 0.25) is 0 Å². The summed E-state index contributed by atoms with van der Waals surface area (Å²) in [6.45, 7) is 0. The fraction of sp³-hybridized carbons (Fsp3) is 0.0312. The number of hydrogen-bond donors (Lipinski definition) is 0. The lowest BCUT2D eigenvalue weighted by molar-refractivity contribution is 1.28. The van der Waals surface area contributed by atoms with Crippen LogP contribution in [0.5, 0.6) is 0 Å². The molecule has 0 saturated carbocycles. The quantitative estimate of drug-likeness (QED) is 0.0732. The standard InChI is InChI=1S/C64H53NP2/c1-9-25-56(26-10-1)65(57-27-11-2-12-28-57)58-47-43-52(44-48-58)41-45-54-49-53(50-66(59-29-13-3-14-30-59,60-31-15-4-16-32-60)61-33-17-5-18-34-61)42-46-55(54)51-67(62-35-19-6-20-36-62,63-37-21-7-22-38-63)64-39-23-8-24-40-64/h1-49H,50-51H2/q+2/b45-41+. The minimum absolute atomic E-state index is 0.878. The second-order valence-electron chi connectivity index (χ2n) is 16.9.